The fourth-order valence-electron chi connectivity index (χ4n) is 4.08. The van der Waals surface area contributed by atoms with Crippen LogP contribution in [0, 0.1) is 6.92 Å². The van der Waals surface area contributed by atoms with Crippen molar-refractivity contribution in [3.63, 3.8) is 0 Å². The summed E-state index contributed by atoms with van der Waals surface area (Å²) in [5.41, 5.74) is 3.25. The predicted octanol–water partition coefficient (Wildman–Crippen LogP) is 7.25. The normalized spacial score (nSPS) is 11.1. The second kappa shape index (κ2) is 13.5. The van der Waals surface area contributed by atoms with Crippen LogP contribution in [-0.4, -0.2) is 26.9 Å². The van der Waals surface area contributed by atoms with Crippen molar-refractivity contribution in [3.05, 3.63) is 124 Å². The van der Waals surface area contributed by atoms with Gasteiger partial charge in [0.1, 0.15) is 0 Å². The summed E-state index contributed by atoms with van der Waals surface area (Å²) < 4.78 is 33.9. The average Bonchev–Trinajstić information content (AvgIpc) is 2.98. The van der Waals surface area contributed by atoms with Crippen LogP contribution in [0.2, 0.25) is 5.02 Å². The van der Waals surface area contributed by atoms with Crippen molar-refractivity contribution in [3.8, 4) is 0 Å². The third kappa shape index (κ3) is 7.54. The van der Waals surface area contributed by atoms with Crippen LogP contribution in [0.4, 0.5) is 11.4 Å². The minimum Gasteiger partial charge on any atom is -0.462 e. The molecule has 41 heavy (non-hydrogen) atoms. The number of carbonyl (C=O) groups is 2. The fraction of sp³-hybridized carbons (Fsp3) is 0.188. The summed E-state index contributed by atoms with van der Waals surface area (Å²) in [4.78, 5) is 25.1. The average molecular weight is 591 g/mol. The monoisotopic (exact) mass is 590 g/mol. The molecule has 0 bridgehead atoms. The van der Waals surface area contributed by atoms with Crippen LogP contribution >= 0.6 is 11.6 Å². The maximum Gasteiger partial charge on any atom is 0.338 e. The minimum absolute atomic E-state index is 0.0378. The van der Waals surface area contributed by atoms with E-state index in [-0.39, 0.29) is 17.3 Å². The Bertz CT molecular complexity index is 1610. The highest BCUT2D eigenvalue weighted by atomic mass is 35.5. The van der Waals surface area contributed by atoms with E-state index in [4.69, 9.17) is 16.3 Å². The molecule has 4 rings (SSSR count). The van der Waals surface area contributed by atoms with Gasteiger partial charge in [0.15, 0.2) is 0 Å². The van der Waals surface area contributed by atoms with Crippen LogP contribution in [0.15, 0.2) is 102 Å². The topological polar surface area (TPSA) is 92.8 Å². The molecule has 0 unspecified atom stereocenters. The Morgan fingerprint density at radius 2 is 1.54 bits per heavy atom. The van der Waals surface area contributed by atoms with Gasteiger partial charge in [0, 0.05) is 16.3 Å². The molecular formula is C32H31ClN2O5S. The van der Waals surface area contributed by atoms with Crippen molar-refractivity contribution in [1.82, 2.24) is 0 Å². The first-order valence-corrected chi connectivity index (χ1v) is 15.0. The lowest BCUT2D eigenvalue weighted by Gasteiger charge is -2.26. The van der Waals surface area contributed by atoms with Crippen LogP contribution in [0.1, 0.15) is 51.6 Å². The number of anilines is 2. The van der Waals surface area contributed by atoms with E-state index in [1.807, 2.05) is 13.8 Å². The standard InChI is InChI=1S/C32H31ClN2O5S/c1-3-4-20-40-32(37)26-15-18-28(19-16-26)34-31(36)25-13-11-24(12-14-25)22-35(30-21-27(33)17-10-23(30)2)41(38,39)29-8-6-5-7-9-29/h5-19,21H,3-4,20,22H2,1-2H3,(H,34,36). The van der Waals surface area contributed by atoms with Gasteiger partial charge in [-0.1, -0.05) is 61.3 Å². The number of unbranched alkanes of at least 4 members (excludes halogenated alkanes) is 1. The Balaban J connectivity index is 1.50. The third-order valence-corrected chi connectivity index (χ3v) is 8.43. The first-order valence-electron chi connectivity index (χ1n) is 13.2. The molecule has 0 spiro atoms. The van der Waals surface area contributed by atoms with Crippen molar-refractivity contribution in [2.75, 3.05) is 16.2 Å². The number of aryl methyl sites for hydroxylation is 1. The van der Waals surface area contributed by atoms with Crippen molar-refractivity contribution < 1.29 is 22.7 Å². The molecule has 0 radical (unpaired) electrons. The van der Waals surface area contributed by atoms with Gasteiger partial charge in [0.2, 0.25) is 0 Å². The van der Waals surface area contributed by atoms with Gasteiger partial charge in [-0.3, -0.25) is 9.10 Å². The summed E-state index contributed by atoms with van der Waals surface area (Å²) in [7, 11) is -3.91. The number of carbonyl (C=O) groups excluding carboxylic acids is 2. The number of benzene rings is 4. The molecule has 212 valence electrons. The molecule has 0 heterocycles. The van der Waals surface area contributed by atoms with Crippen LogP contribution in [0.3, 0.4) is 0 Å². The van der Waals surface area contributed by atoms with Crippen LogP contribution in [-0.2, 0) is 21.3 Å². The molecule has 1 N–H and O–H groups in total. The number of esters is 1. The van der Waals surface area contributed by atoms with Crippen molar-refractivity contribution in [1.29, 1.82) is 0 Å². The highest BCUT2D eigenvalue weighted by Crippen LogP contribution is 2.31. The second-order valence-electron chi connectivity index (χ2n) is 9.47. The molecule has 9 heteroatoms. The second-order valence-corrected chi connectivity index (χ2v) is 11.8. The quantitative estimate of drug-likeness (QED) is 0.147. The number of amides is 1. The molecule has 1 amide bonds. The summed E-state index contributed by atoms with van der Waals surface area (Å²) in [5, 5.41) is 3.23. The lowest BCUT2D eigenvalue weighted by Crippen LogP contribution is -2.31. The number of hydrogen-bond acceptors (Lipinski definition) is 5. The number of rotatable bonds is 11. The molecule has 0 aromatic heterocycles. The highest BCUT2D eigenvalue weighted by Gasteiger charge is 2.26. The maximum absolute atomic E-state index is 13.7. The fourth-order valence-corrected chi connectivity index (χ4v) is 5.78. The molecule has 4 aromatic carbocycles. The van der Waals surface area contributed by atoms with Gasteiger partial charge in [0.25, 0.3) is 15.9 Å². The van der Waals surface area contributed by atoms with Crippen LogP contribution in [0.5, 0.6) is 0 Å². The molecule has 0 aliphatic carbocycles. The van der Waals surface area contributed by atoms with Crippen molar-refractivity contribution in [2.24, 2.45) is 0 Å². The van der Waals surface area contributed by atoms with Gasteiger partial charge in [-0.15, -0.1) is 0 Å². The highest BCUT2D eigenvalue weighted by molar-refractivity contribution is 7.92. The summed E-state index contributed by atoms with van der Waals surface area (Å²) in [5.74, 6) is -0.738. The van der Waals surface area contributed by atoms with E-state index in [9.17, 15) is 18.0 Å². The van der Waals surface area contributed by atoms with Gasteiger partial charge >= 0.3 is 5.97 Å². The molecule has 0 atom stereocenters. The number of nitrogens with zero attached hydrogens (tertiary/aromatic N) is 1. The Kier molecular flexibility index (Phi) is 9.81. The van der Waals surface area contributed by atoms with E-state index in [0.717, 1.165) is 18.4 Å². The van der Waals surface area contributed by atoms with Crippen LogP contribution in [0.25, 0.3) is 0 Å². The zero-order valence-electron chi connectivity index (χ0n) is 22.8. The summed E-state index contributed by atoms with van der Waals surface area (Å²) in [6.45, 7) is 4.26. The van der Waals surface area contributed by atoms with E-state index < -0.39 is 16.0 Å². The third-order valence-electron chi connectivity index (χ3n) is 6.42. The number of sulfonamides is 1. The van der Waals surface area contributed by atoms with Gasteiger partial charge in [-0.2, -0.15) is 0 Å². The SMILES string of the molecule is CCCCOC(=O)c1ccc(NC(=O)c2ccc(CN(c3cc(Cl)ccc3C)S(=O)(=O)c3ccccc3)cc2)cc1. The first kappa shape index (κ1) is 29.8. The van der Waals surface area contributed by atoms with E-state index >= 15 is 0 Å². The summed E-state index contributed by atoms with van der Waals surface area (Å²) in [6, 6.07) is 26.6. The Morgan fingerprint density at radius 3 is 2.20 bits per heavy atom. The van der Waals surface area contributed by atoms with E-state index in [1.54, 1.807) is 97.1 Å². The largest absolute Gasteiger partial charge is 0.462 e. The zero-order valence-corrected chi connectivity index (χ0v) is 24.4. The Hall–Kier alpha value is -4.14. The number of hydrogen-bond donors (Lipinski definition) is 1. The minimum atomic E-state index is -3.91. The summed E-state index contributed by atoms with van der Waals surface area (Å²) in [6.07, 6.45) is 1.74. The molecule has 0 fully saturated rings. The molecule has 7 nitrogen and oxygen atoms in total. The van der Waals surface area contributed by atoms with Gasteiger partial charge in [-0.05, 0) is 85.1 Å². The zero-order chi connectivity index (χ0) is 29.4. The van der Waals surface area contributed by atoms with Crippen molar-refractivity contribution in [2.45, 2.75) is 38.1 Å². The number of ether oxygens (including phenoxy) is 1. The molecule has 4 aromatic rings. The van der Waals surface area contributed by atoms with E-state index in [0.29, 0.717) is 39.7 Å². The summed E-state index contributed by atoms with van der Waals surface area (Å²) >= 11 is 6.24. The van der Waals surface area contributed by atoms with Gasteiger partial charge < -0.3 is 10.1 Å². The maximum atomic E-state index is 13.7. The number of halogens is 1. The lowest BCUT2D eigenvalue weighted by molar-refractivity contribution is 0.0499. The van der Waals surface area contributed by atoms with E-state index in [2.05, 4.69) is 5.32 Å². The van der Waals surface area contributed by atoms with Gasteiger partial charge in [0.05, 0.1) is 29.3 Å². The smallest absolute Gasteiger partial charge is 0.338 e. The first-order chi connectivity index (χ1) is 19.7. The predicted molar refractivity (Wildman–Crippen MR) is 162 cm³/mol. The van der Waals surface area contributed by atoms with E-state index in [1.165, 1.54) is 4.31 Å². The molecule has 0 aliphatic rings. The Labute approximate surface area is 245 Å². The number of nitrogens with one attached hydrogen (secondary N) is 1. The van der Waals surface area contributed by atoms with Crippen LogP contribution < -0.4 is 9.62 Å². The molecule has 0 saturated carbocycles. The molecule has 0 saturated heterocycles. The molecular weight excluding hydrogens is 560 g/mol. The van der Waals surface area contributed by atoms with Crippen molar-refractivity contribution >= 4 is 44.9 Å². The molecule has 0 aliphatic heterocycles. The van der Waals surface area contributed by atoms with Gasteiger partial charge in [-0.25, -0.2) is 13.2 Å². The Morgan fingerprint density at radius 1 is 0.878 bits per heavy atom. The lowest BCUT2D eigenvalue weighted by atomic mass is 10.1.